The highest BCUT2D eigenvalue weighted by atomic mass is 32.2. The van der Waals surface area contributed by atoms with Crippen LogP contribution in [0.5, 0.6) is 0 Å². The van der Waals surface area contributed by atoms with Crippen molar-refractivity contribution in [3.63, 3.8) is 0 Å². The Kier molecular flexibility index (Phi) is 2.71. The molecule has 90 valence electrons. The molecule has 0 atom stereocenters. The third kappa shape index (κ3) is 2.34. The normalized spacial score (nSPS) is 11.6. The summed E-state index contributed by atoms with van der Waals surface area (Å²) in [6.07, 6.45) is 3.55. The maximum absolute atomic E-state index is 11.2. The third-order valence-electron chi connectivity index (χ3n) is 1.89. The Hall–Kier alpha value is -1.74. The zero-order valence-corrected chi connectivity index (χ0v) is 10.2. The fraction of sp³-hybridized carbons (Fsp3) is 0.125. The predicted molar refractivity (Wildman–Crippen MR) is 59.3 cm³/mol. The summed E-state index contributed by atoms with van der Waals surface area (Å²) in [5.41, 5.74) is -0.0959. The molecule has 0 aliphatic carbocycles. The second kappa shape index (κ2) is 3.93. The smallest absolute Gasteiger partial charge is 0.355 e. The first-order valence-corrected chi connectivity index (χ1v) is 7.09. The molecule has 1 N–H and O–H groups in total. The zero-order chi connectivity index (χ0) is 12.6. The largest absolute Gasteiger partial charge is 0.476 e. The van der Waals surface area contributed by atoms with Crippen LogP contribution in [-0.2, 0) is 9.84 Å². The van der Waals surface area contributed by atoms with Gasteiger partial charge in [0.2, 0.25) is 5.13 Å². The van der Waals surface area contributed by atoms with Crippen molar-refractivity contribution in [2.45, 2.75) is 4.90 Å². The molecule has 2 rings (SSSR count). The molecule has 9 heteroatoms. The Labute approximate surface area is 100 Å². The first-order valence-electron chi connectivity index (χ1n) is 4.32. The highest BCUT2D eigenvalue weighted by molar-refractivity contribution is 7.90. The number of aromatic carboxylic acids is 1. The molecule has 2 aromatic heterocycles. The molecule has 0 fully saturated rings. The van der Waals surface area contributed by atoms with Gasteiger partial charge in [0.15, 0.2) is 15.5 Å². The molecular weight excluding hydrogens is 266 g/mol. The van der Waals surface area contributed by atoms with E-state index in [1.54, 1.807) is 0 Å². The Morgan fingerprint density at radius 3 is 2.71 bits per heavy atom. The number of nitrogens with zero attached hydrogens (tertiary/aromatic N) is 3. The predicted octanol–water partition coefficient (Wildman–Crippen LogP) is 0.431. The Morgan fingerprint density at radius 1 is 1.53 bits per heavy atom. The van der Waals surface area contributed by atoms with Gasteiger partial charge in [-0.1, -0.05) is 0 Å². The summed E-state index contributed by atoms with van der Waals surface area (Å²) in [4.78, 5) is 14.5. The lowest BCUT2D eigenvalue weighted by atomic mass is 10.5. The molecule has 0 saturated heterocycles. The summed E-state index contributed by atoms with van der Waals surface area (Å²) in [6.45, 7) is 0. The molecule has 2 heterocycles. The van der Waals surface area contributed by atoms with E-state index in [4.69, 9.17) is 5.11 Å². The van der Waals surface area contributed by atoms with Crippen molar-refractivity contribution >= 4 is 27.1 Å². The van der Waals surface area contributed by atoms with Crippen molar-refractivity contribution in [3.05, 3.63) is 23.5 Å². The lowest BCUT2D eigenvalue weighted by Crippen LogP contribution is -1.99. The lowest BCUT2D eigenvalue weighted by Gasteiger charge is -1.92. The molecule has 0 saturated carbocycles. The van der Waals surface area contributed by atoms with E-state index in [0.717, 1.165) is 17.6 Å². The van der Waals surface area contributed by atoms with Gasteiger partial charge in [-0.25, -0.2) is 22.9 Å². The minimum absolute atomic E-state index is 0.0598. The van der Waals surface area contributed by atoms with Gasteiger partial charge in [0.05, 0.1) is 12.4 Å². The van der Waals surface area contributed by atoms with Crippen LogP contribution in [0, 0.1) is 0 Å². The summed E-state index contributed by atoms with van der Waals surface area (Å²) < 4.78 is 23.7. The van der Waals surface area contributed by atoms with Crippen LogP contribution in [-0.4, -0.2) is 40.5 Å². The average Bonchev–Trinajstić information content (AvgIpc) is 2.85. The van der Waals surface area contributed by atoms with E-state index in [9.17, 15) is 13.2 Å². The van der Waals surface area contributed by atoms with E-state index in [-0.39, 0.29) is 10.6 Å². The molecule has 7 nitrogen and oxygen atoms in total. The first kappa shape index (κ1) is 11.7. The van der Waals surface area contributed by atoms with Gasteiger partial charge < -0.3 is 5.11 Å². The van der Waals surface area contributed by atoms with Crippen LogP contribution in [0.2, 0.25) is 0 Å². The number of carbonyl (C=O) groups is 1. The van der Waals surface area contributed by atoms with E-state index in [1.807, 2.05) is 0 Å². The van der Waals surface area contributed by atoms with Gasteiger partial charge in [0, 0.05) is 11.6 Å². The van der Waals surface area contributed by atoms with Crippen molar-refractivity contribution in [1.29, 1.82) is 0 Å². The number of thiazole rings is 1. The van der Waals surface area contributed by atoms with Gasteiger partial charge in [0.1, 0.15) is 4.90 Å². The minimum atomic E-state index is -3.32. The first-order chi connectivity index (χ1) is 7.88. The van der Waals surface area contributed by atoms with E-state index in [1.165, 1.54) is 22.5 Å². The second-order valence-corrected chi connectivity index (χ2v) is 6.07. The molecular formula is C8H7N3O4S2. The number of aromatic nitrogens is 3. The number of rotatable bonds is 3. The van der Waals surface area contributed by atoms with E-state index >= 15 is 0 Å². The van der Waals surface area contributed by atoms with Gasteiger partial charge in [-0.2, -0.15) is 5.10 Å². The minimum Gasteiger partial charge on any atom is -0.476 e. The number of carboxylic acids is 1. The van der Waals surface area contributed by atoms with E-state index in [2.05, 4.69) is 10.1 Å². The van der Waals surface area contributed by atoms with Crippen molar-refractivity contribution in [2.75, 3.05) is 6.26 Å². The Morgan fingerprint density at radius 2 is 2.24 bits per heavy atom. The molecule has 0 aliphatic heterocycles. The van der Waals surface area contributed by atoms with Gasteiger partial charge in [-0.3, -0.25) is 0 Å². The quantitative estimate of drug-likeness (QED) is 0.870. The Balaban J connectivity index is 2.40. The second-order valence-electron chi connectivity index (χ2n) is 3.21. The maximum Gasteiger partial charge on any atom is 0.355 e. The standard InChI is InChI=1S/C8H7N3O4S2/c1-17(14,15)5-2-9-11(3-5)8-10-6(4-16-8)7(12)13/h2-4H,1H3,(H,12,13). The van der Waals surface area contributed by atoms with Crippen LogP contribution in [0.25, 0.3) is 5.13 Å². The van der Waals surface area contributed by atoms with Gasteiger partial charge in [-0.05, 0) is 0 Å². The monoisotopic (exact) mass is 273 g/mol. The van der Waals surface area contributed by atoms with Gasteiger partial charge in [-0.15, -0.1) is 11.3 Å². The highest BCUT2D eigenvalue weighted by Crippen LogP contribution is 2.16. The fourth-order valence-electron chi connectivity index (χ4n) is 1.07. The van der Waals surface area contributed by atoms with E-state index < -0.39 is 15.8 Å². The number of hydrogen-bond donors (Lipinski definition) is 1. The van der Waals surface area contributed by atoms with Crippen molar-refractivity contribution in [3.8, 4) is 5.13 Å². The number of hydrogen-bond acceptors (Lipinski definition) is 6. The van der Waals surface area contributed by atoms with Crippen LogP contribution in [0.4, 0.5) is 0 Å². The van der Waals surface area contributed by atoms with Crippen LogP contribution in [0.15, 0.2) is 22.7 Å². The summed E-state index contributed by atoms with van der Waals surface area (Å²) in [7, 11) is -3.32. The van der Waals surface area contributed by atoms with Crippen molar-refractivity contribution < 1.29 is 18.3 Å². The number of carboxylic acid groups (broad SMARTS) is 1. The SMILES string of the molecule is CS(=O)(=O)c1cnn(-c2nc(C(=O)O)cs2)c1. The summed E-state index contributed by atoms with van der Waals surface area (Å²) in [5, 5.41) is 14.2. The Bertz CT molecular complexity index is 671. The molecule has 17 heavy (non-hydrogen) atoms. The average molecular weight is 273 g/mol. The molecule has 0 aromatic carbocycles. The number of sulfone groups is 1. The van der Waals surface area contributed by atoms with Gasteiger partial charge in [0.25, 0.3) is 0 Å². The molecule has 0 unspecified atom stereocenters. The molecule has 0 bridgehead atoms. The van der Waals surface area contributed by atoms with Crippen molar-refractivity contribution in [2.24, 2.45) is 0 Å². The van der Waals surface area contributed by atoms with Crippen LogP contribution in [0.1, 0.15) is 10.5 Å². The van der Waals surface area contributed by atoms with Crippen molar-refractivity contribution in [1.82, 2.24) is 14.8 Å². The van der Waals surface area contributed by atoms with Crippen LogP contribution >= 0.6 is 11.3 Å². The van der Waals surface area contributed by atoms with E-state index in [0.29, 0.717) is 5.13 Å². The summed E-state index contributed by atoms with van der Waals surface area (Å²) in [6, 6.07) is 0. The molecule has 0 aliphatic rings. The van der Waals surface area contributed by atoms with Crippen LogP contribution in [0.3, 0.4) is 0 Å². The molecule has 0 spiro atoms. The fourth-order valence-corrected chi connectivity index (χ4v) is 2.33. The van der Waals surface area contributed by atoms with Gasteiger partial charge >= 0.3 is 5.97 Å². The molecule has 2 aromatic rings. The lowest BCUT2D eigenvalue weighted by molar-refractivity contribution is 0.0691. The summed E-state index contributed by atoms with van der Waals surface area (Å²) >= 11 is 1.07. The summed E-state index contributed by atoms with van der Waals surface area (Å²) in [5.74, 6) is -1.14. The third-order valence-corrected chi connectivity index (χ3v) is 3.79. The maximum atomic E-state index is 11.2. The van der Waals surface area contributed by atoms with Crippen LogP contribution < -0.4 is 0 Å². The molecule has 0 radical (unpaired) electrons. The topological polar surface area (TPSA) is 102 Å². The molecule has 0 amide bonds. The highest BCUT2D eigenvalue weighted by Gasteiger charge is 2.14. The zero-order valence-electron chi connectivity index (χ0n) is 8.56.